The number of fused-ring (bicyclic) bond motifs is 2. The van der Waals surface area contributed by atoms with Crippen molar-refractivity contribution < 1.29 is 102 Å². The molecule has 24 nitrogen and oxygen atoms in total. The van der Waals surface area contributed by atoms with E-state index < -0.39 is 120 Å². The van der Waals surface area contributed by atoms with E-state index in [1.165, 1.54) is 72.0 Å². The number of carbonyl (C=O) groups is 2. The molecule has 4 saturated heterocycles. The van der Waals surface area contributed by atoms with E-state index in [-0.39, 0.29) is 77.7 Å². The fourth-order valence-electron chi connectivity index (χ4n) is 10.7. The average Bonchev–Trinajstić information content (AvgIpc) is 1.36. The van der Waals surface area contributed by atoms with Crippen LogP contribution >= 0.6 is 65.8 Å². The minimum Gasteiger partial charge on any atom is -0.492 e. The number of nitrogens with one attached hydrogen (secondary N) is 3. The maximum atomic E-state index is 14.4. The Morgan fingerprint density at radius 2 is 1.60 bits per heavy atom. The second-order valence-electron chi connectivity index (χ2n) is 20.2. The van der Waals surface area contributed by atoms with Gasteiger partial charge in [-0.2, -0.15) is 5.48 Å². The molecule has 1 aromatic rings. The second kappa shape index (κ2) is 31.7. The van der Waals surface area contributed by atoms with E-state index in [1.807, 2.05) is 35.8 Å². The van der Waals surface area contributed by atoms with Crippen molar-refractivity contribution in [3.8, 4) is 40.9 Å². The van der Waals surface area contributed by atoms with Gasteiger partial charge in [0.15, 0.2) is 36.0 Å². The number of alkyl carbamates (subject to hydrolysis) is 1. The molecule has 0 saturated carbocycles. The number of benzene rings is 1. The number of hydrogen-bond acceptors (Lipinski definition) is 27. The number of rotatable bonds is 22. The smallest absolute Gasteiger partial charge is 0.411 e. The summed E-state index contributed by atoms with van der Waals surface area (Å²) in [6, 6.07) is -1.24. The SMILES string of the molecule is CCN[C@H]1CO[C@@H](O[C@H]2[C@H](O[C@@H]3C#C/C=C\C#C[C@]4(O)C[C@@H](O)C(NC(=O)OC)=C3/C4=C/CSSSC)O[C@H](C)[C@@H](NO[C@H]3C[C@H](O)[C@H](SC(=O)c4c(C)c(I)c(O[C@@H]5O[C@@H](C)[C@H](O)[C@@H](OC)[C@H]5O)c(OC)c4OC)[C@@H](C)O3)[C@@H]2O)C[C@@H]1OC. The fourth-order valence-corrected chi connectivity index (χ4v) is 14.8. The van der Waals surface area contributed by atoms with Gasteiger partial charge in [-0.05, 0) is 90.6 Å². The molecule has 468 valence electrons. The van der Waals surface area contributed by atoms with Crippen LogP contribution in [0, 0.1) is 34.2 Å². The molecule has 2 aliphatic carbocycles. The molecular formula is C55H76IN3O21S4. The summed E-state index contributed by atoms with van der Waals surface area (Å²) >= 11 is 2.83. The molecule has 84 heavy (non-hydrogen) atoms. The van der Waals surface area contributed by atoms with Crippen LogP contribution in [0.5, 0.6) is 17.2 Å². The highest BCUT2D eigenvalue weighted by atomic mass is 127. The summed E-state index contributed by atoms with van der Waals surface area (Å²) in [6.45, 7) is 9.46. The Kier molecular flexibility index (Phi) is 26.0. The molecule has 1 aromatic carbocycles. The lowest BCUT2D eigenvalue weighted by Gasteiger charge is -2.47. The molecule has 7 rings (SSSR count). The molecule has 6 aliphatic rings. The molecular weight excluding hydrogens is 1290 g/mol. The number of thioether (sulfide) groups is 1. The number of likely N-dealkylation sites (N-methyl/N-ethyl adjacent to an activating group) is 1. The van der Waals surface area contributed by atoms with Crippen LogP contribution in [-0.2, 0) is 47.5 Å². The summed E-state index contributed by atoms with van der Waals surface area (Å²) in [4.78, 5) is 33.5. The van der Waals surface area contributed by atoms with Gasteiger partial charge in [0.05, 0.1) is 96.7 Å². The van der Waals surface area contributed by atoms with Gasteiger partial charge < -0.3 is 92.8 Å². The van der Waals surface area contributed by atoms with Crippen LogP contribution < -0.4 is 30.3 Å². The molecule has 2 bridgehead atoms. The van der Waals surface area contributed by atoms with Gasteiger partial charge in [-0.25, -0.2) is 4.79 Å². The van der Waals surface area contributed by atoms with E-state index in [1.54, 1.807) is 40.9 Å². The van der Waals surface area contributed by atoms with Crippen LogP contribution in [0.2, 0.25) is 0 Å². The van der Waals surface area contributed by atoms with E-state index in [9.17, 15) is 40.2 Å². The quantitative estimate of drug-likeness (QED) is 0.0265. The van der Waals surface area contributed by atoms with Gasteiger partial charge in [0.25, 0.3) is 0 Å². The van der Waals surface area contributed by atoms with Crippen molar-refractivity contribution in [3.63, 3.8) is 0 Å². The first-order valence-corrected chi connectivity index (χ1v) is 33.1. The number of carbonyl (C=O) groups excluding carboxylic acids is 2. The summed E-state index contributed by atoms with van der Waals surface area (Å²) in [7, 11) is 11.4. The first-order chi connectivity index (χ1) is 40.2. The van der Waals surface area contributed by atoms with Crippen LogP contribution in [0.3, 0.4) is 0 Å². The molecule has 0 spiro atoms. The van der Waals surface area contributed by atoms with Gasteiger partial charge in [-0.3, -0.25) is 14.9 Å². The van der Waals surface area contributed by atoms with Crippen molar-refractivity contribution in [2.75, 3.05) is 60.7 Å². The van der Waals surface area contributed by atoms with Crippen LogP contribution in [0.4, 0.5) is 4.79 Å². The highest BCUT2D eigenvalue weighted by molar-refractivity contribution is 14.1. The van der Waals surface area contributed by atoms with Crippen LogP contribution in [0.1, 0.15) is 62.9 Å². The number of halogens is 1. The van der Waals surface area contributed by atoms with Crippen molar-refractivity contribution in [1.82, 2.24) is 16.1 Å². The highest BCUT2D eigenvalue weighted by Crippen LogP contribution is 2.49. The normalized spacial score (nSPS) is 36.8. The Labute approximate surface area is 518 Å². The van der Waals surface area contributed by atoms with Crippen LogP contribution in [0.25, 0.3) is 0 Å². The number of amides is 1. The van der Waals surface area contributed by atoms with Crippen LogP contribution in [0.15, 0.2) is 35.1 Å². The van der Waals surface area contributed by atoms with Crippen molar-refractivity contribution in [3.05, 3.63) is 49.8 Å². The number of hydrogen-bond donors (Lipinski definition) is 9. The highest BCUT2D eigenvalue weighted by Gasteiger charge is 2.52. The predicted molar refractivity (Wildman–Crippen MR) is 321 cm³/mol. The molecule has 20 atom stereocenters. The largest absolute Gasteiger partial charge is 0.492 e. The molecule has 29 heteroatoms. The predicted octanol–water partition coefficient (Wildman–Crippen LogP) is 2.99. The summed E-state index contributed by atoms with van der Waals surface area (Å²) in [5, 5.41) is 74.6. The lowest BCUT2D eigenvalue weighted by Crippen LogP contribution is -2.65. The Hall–Kier alpha value is -2.65. The maximum Gasteiger partial charge on any atom is 0.411 e. The number of allylic oxidation sites excluding steroid dienone is 2. The number of ether oxygens (including phenoxy) is 12. The molecule has 9 N–H and O–H groups in total. The third kappa shape index (κ3) is 15.8. The standard InChI is InChI=1S/C55H76IN3O21S4/c1-12-57-30-24-73-35(22-34(30)68-6)78-48-43(63)40(26(3)75-53(48)77-33-17-15-13-14-16-19-55(67)23-32(61)41(58-54(66)72-10)38(33)29(55)18-20-82-84-81-11)59-80-36-21-31(60)50(28(5)74-36)83-51(65)37-25(2)39(56)46(49(71-9)45(37)69-7)79-52-44(64)47(70-8)42(62)27(4)76-52/h13-14,18,26-28,30-36,40,42-44,47-48,50,52-53,57,59-64,67H,12,20-24H2,1-11H3,(H,58,66)/b14-13-,29-18-/t26-,27+,28-,30+,31+,32-,33-,34+,35+,36+,40-,42+,43+,44-,47-,48-,50-,52+,53+,55+/m1/s1. The number of aliphatic hydroxyl groups is 6. The lowest BCUT2D eigenvalue weighted by molar-refractivity contribution is -0.336. The second-order valence-corrected chi connectivity index (χ2v) is 26.8. The van der Waals surface area contributed by atoms with E-state index in [0.29, 0.717) is 21.4 Å². The molecule has 0 unspecified atom stereocenters. The first-order valence-electron chi connectivity index (χ1n) is 27.0. The van der Waals surface area contributed by atoms with E-state index >= 15 is 0 Å². The average molecular weight is 1370 g/mol. The Morgan fingerprint density at radius 3 is 2.26 bits per heavy atom. The van der Waals surface area contributed by atoms with Gasteiger partial charge in [-0.15, -0.1) is 0 Å². The van der Waals surface area contributed by atoms with Gasteiger partial charge in [0.2, 0.25) is 17.2 Å². The van der Waals surface area contributed by atoms with Gasteiger partial charge >= 0.3 is 6.09 Å². The molecule has 0 radical (unpaired) electrons. The zero-order valence-electron chi connectivity index (χ0n) is 48.3. The minimum atomic E-state index is -1.95. The van der Waals surface area contributed by atoms with Crippen molar-refractivity contribution in [2.24, 2.45) is 0 Å². The summed E-state index contributed by atoms with van der Waals surface area (Å²) in [5.41, 5.74) is 1.77. The monoisotopic (exact) mass is 1370 g/mol. The van der Waals surface area contributed by atoms with E-state index in [4.69, 9.17) is 61.7 Å². The first kappa shape index (κ1) is 68.8. The summed E-state index contributed by atoms with van der Waals surface area (Å²) in [5.74, 6) is 12.2. The molecule has 4 aliphatic heterocycles. The Bertz CT molecular complexity index is 2660. The molecule has 4 fully saturated rings. The number of hydroxylamine groups is 1. The van der Waals surface area contributed by atoms with Crippen molar-refractivity contribution >= 4 is 77.0 Å². The van der Waals surface area contributed by atoms with E-state index in [2.05, 4.69) is 39.8 Å². The lowest BCUT2D eigenvalue weighted by atomic mass is 9.74. The summed E-state index contributed by atoms with van der Waals surface area (Å²) in [6.07, 6.45) is -12.8. The van der Waals surface area contributed by atoms with Crippen molar-refractivity contribution in [2.45, 2.75) is 175 Å². The van der Waals surface area contributed by atoms with Crippen molar-refractivity contribution in [1.29, 1.82) is 0 Å². The third-order valence-corrected chi connectivity index (χ3v) is 21.3. The fraction of sp³-hybridized carbons (Fsp3) is 0.673. The Morgan fingerprint density at radius 1 is 0.869 bits per heavy atom. The number of aliphatic hydroxyl groups excluding tert-OH is 5. The molecule has 4 heterocycles. The Balaban J connectivity index is 1.12. The van der Waals surface area contributed by atoms with Crippen LogP contribution in [-0.4, -0.2) is 224 Å². The minimum absolute atomic E-state index is 0.0300. The third-order valence-electron chi connectivity index (χ3n) is 14.9. The van der Waals surface area contributed by atoms with Gasteiger partial charge in [-0.1, -0.05) is 70.0 Å². The van der Waals surface area contributed by atoms with Gasteiger partial charge in [0.1, 0.15) is 36.6 Å². The maximum absolute atomic E-state index is 14.4. The summed E-state index contributed by atoms with van der Waals surface area (Å²) < 4.78 is 72.7. The van der Waals surface area contributed by atoms with E-state index in [0.717, 1.165) is 11.8 Å². The molecule has 1 amide bonds. The topological polar surface area (TPSA) is 312 Å². The molecule has 0 aromatic heterocycles. The zero-order chi connectivity index (χ0) is 61.2. The van der Waals surface area contributed by atoms with Gasteiger partial charge in [0, 0.05) is 50.4 Å². The number of methoxy groups -OCH3 is 5. The zero-order valence-corrected chi connectivity index (χ0v) is 53.7.